The summed E-state index contributed by atoms with van der Waals surface area (Å²) in [7, 11) is 0. The molecule has 40 heavy (non-hydrogen) atoms. The van der Waals surface area contributed by atoms with Gasteiger partial charge in [-0.1, -0.05) is 84.9 Å². The van der Waals surface area contributed by atoms with Crippen molar-refractivity contribution in [3.63, 3.8) is 0 Å². The molecule has 1 fully saturated rings. The maximum absolute atomic E-state index is 14.3. The number of benzene rings is 4. The lowest BCUT2D eigenvalue weighted by molar-refractivity contribution is -0.132. The molecule has 1 saturated heterocycles. The highest BCUT2D eigenvalue weighted by Crippen LogP contribution is 2.40. The summed E-state index contributed by atoms with van der Waals surface area (Å²) in [6, 6.07) is 32.7. The SMILES string of the molecule is Cc1ccccc1-c1cc2c(c(OC[C@H]3CCOC3)c1)OCCN(C(=O)C(c1ccccc1)c1ccccc1)C2. The predicted octanol–water partition coefficient (Wildman–Crippen LogP) is 6.63. The number of hydrogen-bond donors (Lipinski definition) is 0. The Hall–Kier alpha value is -4.09. The molecule has 2 heterocycles. The standard InChI is InChI=1S/C35H35NO4/c1-25-10-8-9-15-31(25)29-20-30-22-36(17-19-39-34(30)32(21-29)40-24-26-16-18-38-23-26)35(37)33(27-11-4-2-5-12-27)28-13-6-3-7-14-28/h2-15,20-21,26,33H,16-19,22-24H2,1H3/t26-/m0/s1. The van der Waals surface area contributed by atoms with Crippen LogP contribution in [0.1, 0.15) is 34.6 Å². The van der Waals surface area contributed by atoms with Gasteiger partial charge in [0.1, 0.15) is 6.61 Å². The summed E-state index contributed by atoms with van der Waals surface area (Å²) in [5.74, 6) is 1.53. The first kappa shape index (κ1) is 26.1. The lowest BCUT2D eigenvalue weighted by Gasteiger charge is -2.26. The third-order valence-corrected chi connectivity index (χ3v) is 7.88. The van der Waals surface area contributed by atoms with Gasteiger partial charge in [0, 0.05) is 24.6 Å². The summed E-state index contributed by atoms with van der Waals surface area (Å²) in [5.41, 5.74) is 6.33. The van der Waals surface area contributed by atoms with Crippen LogP contribution in [0.4, 0.5) is 0 Å². The molecule has 5 nitrogen and oxygen atoms in total. The van der Waals surface area contributed by atoms with Crippen molar-refractivity contribution in [2.75, 3.05) is 33.0 Å². The highest BCUT2D eigenvalue weighted by molar-refractivity contribution is 5.87. The van der Waals surface area contributed by atoms with Crippen LogP contribution in [0.25, 0.3) is 11.1 Å². The molecule has 4 aromatic carbocycles. The summed E-state index contributed by atoms with van der Waals surface area (Å²) in [4.78, 5) is 16.2. The molecule has 1 atom stereocenters. The number of fused-ring (bicyclic) bond motifs is 1. The van der Waals surface area contributed by atoms with E-state index in [2.05, 4.69) is 43.3 Å². The van der Waals surface area contributed by atoms with Gasteiger partial charge in [-0.2, -0.15) is 0 Å². The molecule has 0 unspecified atom stereocenters. The lowest BCUT2D eigenvalue weighted by atomic mass is 9.89. The van der Waals surface area contributed by atoms with Crippen molar-refractivity contribution in [2.45, 2.75) is 25.8 Å². The minimum atomic E-state index is -0.387. The minimum Gasteiger partial charge on any atom is -0.489 e. The van der Waals surface area contributed by atoms with Crippen LogP contribution in [0.2, 0.25) is 0 Å². The van der Waals surface area contributed by atoms with E-state index in [0.717, 1.165) is 59.0 Å². The second kappa shape index (κ2) is 12.0. The summed E-state index contributed by atoms with van der Waals surface area (Å²) < 4.78 is 18.3. The second-order valence-electron chi connectivity index (χ2n) is 10.7. The fourth-order valence-electron chi connectivity index (χ4n) is 5.70. The molecular formula is C35H35NO4. The molecule has 0 radical (unpaired) electrons. The van der Waals surface area contributed by atoms with E-state index in [0.29, 0.717) is 32.2 Å². The van der Waals surface area contributed by atoms with Crippen molar-refractivity contribution in [1.82, 2.24) is 4.90 Å². The molecule has 5 heteroatoms. The van der Waals surface area contributed by atoms with Gasteiger partial charge in [0.25, 0.3) is 0 Å². The van der Waals surface area contributed by atoms with Gasteiger partial charge in [-0.3, -0.25) is 4.79 Å². The van der Waals surface area contributed by atoms with Gasteiger partial charge in [-0.05, 0) is 53.3 Å². The van der Waals surface area contributed by atoms with Crippen molar-refractivity contribution in [3.8, 4) is 22.6 Å². The van der Waals surface area contributed by atoms with Crippen LogP contribution >= 0.6 is 0 Å². The number of aryl methyl sites for hydroxylation is 1. The van der Waals surface area contributed by atoms with Gasteiger partial charge in [0.2, 0.25) is 5.91 Å². The van der Waals surface area contributed by atoms with Crippen molar-refractivity contribution in [2.24, 2.45) is 5.92 Å². The van der Waals surface area contributed by atoms with Crippen molar-refractivity contribution < 1.29 is 19.0 Å². The van der Waals surface area contributed by atoms with Gasteiger partial charge < -0.3 is 19.1 Å². The molecule has 204 valence electrons. The van der Waals surface area contributed by atoms with Crippen LogP contribution in [0.15, 0.2) is 97.1 Å². The number of amides is 1. The average molecular weight is 534 g/mol. The third kappa shape index (κ3) is 5.61. The van der Waals surface area contributed by atoms with E-state index in [9.17, 15) is 4.79 Å². The monoisotopic (exact) mass is 533 g/mol. The van der Waals surface area contributed by atoms with E-state index in [1.54, 1.807) is 0 Å². The first-order valence-corrected chi connectivity index (χ1v) is 14.1. The number of carbonyl (C=O) groups is 1. The molecule has 2 aliphatic rings. The first-order valence-electron chi connectivity index (χ1n) is 14.1. The number of hydrogen-bond acceptors (Lipinski definition) is 4. The summed E-state index contributed by atoms with van der Waals surface area (Å²) in [5, 5.41) is 0. The maximum atomic E-state index is 14.3. The average Bonchev–Trinajstić information content (AvgIpc) is 3.42. The molecule has 0 N–H and O–H groups in total. The molecule has 4 aromatic rings. The topological polar surface area (TPSA) is 48.0 Å². The van der Waals surface area contributed by atoms with Crippen LogP contribution < -0.4 is 9.47 Å². The lowest BCUT2D eigenvalue weighted by Crippen LogP contribution is -2.36. The fourth-order valence-corrected chi connectivity index (χ4v) is 5.70. The number of carbonyl (C=O) groups excluding carboxylic acids is 1. The Labute approximate surface area is 236 Å². The van der Waals surface area contributed by atoms with Gasteiger partial charge >= 0.3 is 0 Å². The Balaban J connectivity index is 1.36. The molecule has 6 rings (SSSR count). The Morgan fingerprint density at radius 3 is 2.30 bits per heavy atom. The van der Waals surface area contributed by atoms with E-state index >= 15 is 0 Å². The molecule has 0 bridgehead atoms. The molecule has 0 aliphatic carbocycles. The highest BCUT2D eigenvalue weighted by Gasteiger charge is 2.31. The van der Waals surface area contributed by atoms with Crippen LogP contribution in [-0.4, -0.2) is 43.8 Å². The summed E-state index contributed by atoms with van der Waals surface area (Å²) in [6.07, 6.45) is 1.00. The molecule has 0 spiro atoms. The Morgan fingerprint density at radius 2 is 1.62 bits per heavy atom. The highest BCUT2D eigenvalue weighted by atomic mass is 16.5. The Bertz CT molecular complexity index is 1410. The maximum Gasteiger partial charge on any atom is 0.234 e. The van der Waals surface area contributed by atoms with Crippen LogP contribution in [0.5, 0.6) is 11.5 Å². The molecule has 1 amide bonds. The van der Waals surface area contributed by atoms with Crippen LogP contribution in [0, 0.1) is 12.8 Å². The summed E-state index contributed by atoms with van der Waals surface area (Å²) in [6.45, 7) is 5.57. The van der Waals surface area contributed by atoms with Gasteiger partial charge in [-0.25, -0.2) is 0 Å². The normalized spacial score (nSPS) is 16.8. The predicted molar refractivity (Wildman–Crippen MR) is 157 cm³/mol. The van der Waals surface area contributed by atoms with Gasteiger partial charge in [0.15, 0.2) is 11.5 Å². The first-order chi connectivity index (χ1) is 19.7. The van der Waals surface area contributed by atoms with E-state index in [4.69, 9.17) is 14.2 Å². The zero-order chi connectivity index (χ0) is 27.3. The zero-order valence-corrected chi connectivity index (χ0v) is 22.9. The Morgan fingerprint density at radius 1 is 0.925 bits per heavy atom. The van der Waals surface area contributed by atoms with Crippen LogP contribution in [0.3, 0.4) is 0 Å². The number of ether oxygens (including phenoxy) is 3. The van der Waals surface area contributed by atoms with Crippen molar-refractivity contribution >= 4 is 5.91 Å². The van der Waals surface area contributed by atoms with E-state index in [-0.39, 0.29) is 11.8 Å². The largest absolute Gasteiger partial charge is 0.489 e. The smallest absolute Gasteiger partial charge is 0.234 e. The van der Waals surface area contributed by atoms with Crippen molar-refractivity contribution in [3.05, 3.63) is 119 Å². The number of rotatable bonds is 7. The molecule has 0 aromatic heterocycles. The minimum absolute atomic E-state index is 0.0701. The molecular weight excluding hydrogens is 498 g/mol. The molecule has 2 aliphatic heterocycles. The quantitative estimate of drug-likeness (QED) is 0.268. The number of nitrogens with zero attached hydrogens (tertiary/aromatic N) is 1. The fraction of sp³-hybridized carbons (Fsp3) is 0.286. The zero-order valence-electron chi connectivity index (χ0n) is 22.9. The van der Waals surface area contributed by atoms with Crippen LogP contribution in [-0.2, 0) is 16.1 Å². The van der Waals surface area contributed by atoms with Gasteiger partial charge in [-0.15, -0.1) is 0 Å². The van der Waals surface area contributed by atoms with Crippen molar-refractivity contribution in [1.29, 1.82) is 0 Å². The summed E-state index contributed by atoms with van der Waals surface area (Å²) >= 11 is 0. The second-order valence-corrected chi connectivity index (χ2v) is 10.7. The third-order valence-electron chi connectivity index (χ3n) is 7.88. The van der Waals surface area contributed by atoms with E-state index < -0.39 is 0 Å². The van der Waals surface area contributed by atoms with E-state index in [1.165, 1.54) is 5.56 Å². The van der Waals surface area contributed by atoms with E-state index in [1.807, 2.05) is 65.6 Å². The molecule has 0 saturated carbocycles. The van der Waals surface area contributed by atoms with Gasteiger partial charge in [0.05, 0.1) is 25.7 Å². The Kier molecular flexibility index (Phi) is 7.83.